The van der Waals surface area contributed by atoms with Crippen LogP contribution in [0.5, 0.6) is 0 Å². The van der Waals surface area contributed by atoms with Gasteiger partial charge < -0.3 is 9.80 Å². The number of amides is 2. The summed E-state index contributed by atoms with van der Waals surface area (Å²) in [6.45, 7) is 4.20. The Bertz CT molecular complexity index is 813. The zero-order chi connectivity index (χ0) is 18.8. The first-order chi connectivity index (χ1) is 12.4. The summed E-state index contributed by atoms with van der Waals surface area (Å²) in [5, 5.41) is 0. The molecule has 0 radical (unpaired) electrons. The van der Waals surface area contributed by atoms with Gasteiger partial charge in [0, 0.05) is 59.4 Å². The Morgan fingerprint density at radius 1 is 0.885 bits per heavy atom. The number of piperazine rings is 1. The van der Waals surface area contributed by atoms with Gasteiger partial charge in [-0.1, -0.05) is 0 Å². The Morgan fingerprint density at radius 2 is 1.50 bits per heavy atom. The van der Waals surface area contributed by atoms with E-state index in [1.165, 1.54) is 24.7 Å². The minimum absolute atomic E-state index is 0.0969. The Hall–Kier alpha value is -2.42. The molecule has 142 valence electrons. The van der Waals surface area contributed by atoms with Crippen molar-refractivity contribution < 1.29 is 9.59 Å². The van der Waals surface area contributed by atoms with Crippen LogP contribution in [-0.4, -0.2) is 81.5 Å². The number of likely N-dealkylation sites (tertiary alicyclic amines) is 1. The van der Waals surface area contributed by atoms with Crippen LogP contribution in [0.4, 0.5) is 0 Å². The second-order valence-corrected chi connectivity index (χ2v) is 6.92. The van der Waals surface area contributed by atoms with Crippen molar-refractivity contribution in [2.75, 3.05) is 45.8 Å². The monoisotopic (exact) mass is 363 g/mol. The molecule has 2 saturated heterocycles. The van der Waals surface area contributed by atoms with Crippen molar-refractivity contribution in [1.29, 1.82) is 0 Å². The molecule has 2 fully saturated rings. The Labute approximate surface area is 151 Å². The smallest absolute Gasteiger partial charge is 0.331 e. The maximum Gasteiger partial charge on any atom is 0.331 e. The van der Waals surface area contributed by atoms with Crippen LogP contribution in [0.15, 0.2) is 15.7 Å². The van der Waals surface area contributed by atoms with E-state index in [9.17, 15) is 19.2 Å². The first-order valence-corrected chi connectivity index (χ1v) is 8.95. The minimum Gasteiger partial charge on any atom is -0.342 e. The van der Waals surface area contributed by atoms with Crippen molar-refractivity contribution in [3.05, 3.63) is 32.6 Å². The van der Waals surface area contributed by atoms with Crippen molar-refractivity contribution in [2.45, 2.75) is 12.8 Å². The van der Waals surface area contributed by atoms with Crippen LogP contribution in [0.25, 0.3) is 0 Å². The number of carbonyl (C=O) groups is 2. The van der Waals surface area contributed by atoms with Gasteiger partial charge in [-0.2, -0.15) is 0 Å². The lowest BCUT2D eigenvalue weighted by Crippen LogP contribution is -2.52. The van der Waals surface area contributed by atoms with E-state index in [4.69, 9.17) is 0 Å². The summed E-state index contributed by atoms with van der Waals surface area (Å²) >= 11 is 0. The number of hydrogen-bond donors (Lipinski definition) is 0. The highest BCUT2D eigenvalue weighted by molar-refractivity contribution is 5.92. The van der Waals surface area contributed by atoms with Crippen LogP contribution in [0.1, 0.15) is 23.3 Å². The van der Waals surface area contributed by atoms with E-state index < -0.39 is 11.2 Å². The van der Waals surface area contributed by atoms with Crippen molar-refractivity contribution in [3.8, 4) is 0 Å². The van der Waals surface area contributed by atoms with E-state index in [0.717, 1.165) is 30.5 Å². The van der Waals surface area contributed by atoms with Crippen LogP contribution in [-0.2, 0) is 18.9 Å². The van der Waals surface area contributed by atoms with E-state index in [0.29, 0.717) is 32.7 Å². The molecule has 1 aromatic heterocycles. The van der Waals surface area contributed by atoms with Gasteiger partial charge in [0.15, 0.2) is 0 Å². The lowest BCUT2D eigenvalue weighted by atomic mass is 10.2. The Balaban J connectivity index is 1.61. The topological polar surface area (TPSA) is 87.9 Å². The van der Waals surface area contributed by atoms with E-state index in [2.05, 4.69) is 0 Å². The molecule has 3 rings (SSSR count). The zero-order valence-corrected chi connectivity index (χ0v) is 15.3. The third kappa shape index (κ3) is 3.57. The Morgan fingerprint density at radius 3 is 2.12 bits per heavy atom. The molecule has 0 saturated carbocycles. The molecule has 9 nitrogen and oxygen atoms in total. The predicted molar refractivity (Wildman–Crippen MR) is 95.1 cm³/mol. The van der Waals surface area contributed by atoms with Crippen LogP contribution in [0.2, 0.25) is 0 Å². The molecule has 0 unspecified atom stereocenters. The van der Waals surface area contributed by atoms with Gasteiger partial charge in [-0.05, 0) is 12.8 Å². The zero-order valence-electron chi connectivity index (χ0n) is 15.3. The van der Waals surface area contributed by atoms with E-state index in [1.54, 1.807) is 4.90 Å². The van der Waals surface area contributed by atoms with Crippen LogP contribution < -0.4 is 11.2 Å². The minimum atomic E-state index is -0.518. The number of carbonyl (C=O) groups excluding carboxylic acids is 2. The lowest BCUT2D eigenvalue weighted by molar-refractivity contribution is -0.131. The molecule has 0 bridgehead atoms. The molecule has 3 heterocycles. The summed E-state index contributed by atoms with van der Waals surface area (Å²) < 4.78 is 2.17. The van der Waals surface area contributed by atoms with Crippen LogP contribution >= 0.6 is 0 Å². The fourth-order valence-electron chi connectivity index (χ4n) is 3.47. The van der Waals surface area contributed by atoms with E-state index in [1.807, 2.05) is 9.80 Å². The number of hydrogen-bond acceptors (Lipinski definition) is 5. The van der Waals surface area contributed by atoms with Crippen molar-refractivity contribution in [1.82, 2.24) is 23.8 Å². The van der Waals surface area contributed by atoms with Crippen LogP contribution in [0.3, 0.4) is 0 Å². The fourth-order valence-corrected chi connectivity index (χ4v) is 3.47. The second kappa shape index (κ2) is 7.45. The standard InChI is InChI=1S/C17H25N5O4/c1-18-13(11-14(23)19(2)17(18)26)16(25)22-9-7-20(8-10-22)12-15(24)21-5-3-4-6-21/h11H,3-10,12H2,1-2H3. The molecule has 0 atom stereocenters. The lowest BCUT2D eigenvalue weighted by Gasteiger charge is -2.35. The molecular formula is C17H25N5O4. The summed E-state index contributed by atoms with van der Waals surface area (Å²) in [6, 6.07) is 1.20. The average molecular weight is 363 g/mol. The predicted octanol–water partition coefficient (Wildman–Crippen LogP) is -1.54. The van der Waals surface area contributed by atoms with Gasteiger partial charge in [0.1, 0.15) is 5.69 Å². The first-order valence-electron chi connectivity index (χ1n) is 8.95. The van der Waals surface area contributed by atoms with Gasteiger partial charge in [-0.3, -0.25) is 28.4 Å². The molecule has 0 spiro atoms. The molecule has 26 heavy (non-hydrogen) atoms. The summed E-state index contributed by atoms with van der Waals surface area (Å²) in [4.78, 5) is 54.3. The van der Waals surface area contributed by atoms with Gasteiger partial charge in [-0.25, -0.2) is 4.79 Å². The molecule has 0 aromatic carbocycles. The summed E-state index contributed by atoms with van der Waals surface area (Å²) in [6.07, 6.45) is 2.15. The van der Waals surface area contributed by atoms with E-state index >= 15 is 0 Å². The molecule has 1 aromatic rings. The van der Waals surface area contributed by atoms with Gasteiger partial charge in [-0.15, -0.1) is 0 Å². The van der Waals surface area contributed by atoms with Crippen molar-refractivity contribution in [3.63, 3.8) is 0 Å². The first kappa shape index (κ1) is 18.4. The third-order valence-corrected chi connectivity index (χ3v) is 5.22. The number of aromatic nitrogens is 2. The molecule has 2 aliphatic rings. The van der Waals surface area contributed by atoms with Crippen molar-refractivity contribution >= 4 is 11.8 Å². The molecule has 2 amide bonds. The van der Waals surface area contributed by atoms with Gasteiger partial charge >= 0.3 is 5.69 Å². The Kier molecular flexibility index (Phi) is 5.26. The third-order valence-electron chi connectivity index (χ3n) is 5.22. The van der Waals surface area contributed by atoms with Gasteiger partial charge in [0.05, 0.1) is 6.54 Å². The highest BCUT2D eigenvalue weighted by Crippen LogP contribution is 2.10. The van der Waals surface area contributed by atoms with E-state index in [-0.39, 0.29) is 17.5 Å². The fraction of sp³-hybridized carbons (Fsp3) is 0.647. The average Bonchev–Trinajstić information content (AvgIpc) is 3.18. The van der Waals surface area contributed by atoms with Crippen molar-refractivity contribution in [2.24, 2.45) is 14.1 Å². The molecule has 2 aliphatic heterocycles. The maximum atomic E-state index is 12.7. The largest absolute Gasteiger partial charge is 0.342 e. The van der Waals surface area contributed by atoms with Crippen LogP contribution in [0, 0.1) is 0 Å². The quantitative estimate of drug-likeness (QED) is 0.650. The van der Waals surface area contributed by atoms with Gasteiger partial charge in [0.2, 0.25) is 5.91 Å². The molecular weight excluding hydrogens is 338 g/mol. The normalized spacial score (nSPS) is 18.4. The summed E-state index contributed by atoms with van der Waals surface area (Å²) in [5.41, 5.74) is -0.915. The second-order valence-electron chi connectivity index (χ2n) is 6.92. The SMILES string of the molecule is Cn1c(C(=O)N2CCN(CC(=O)N3CCCC3)CC2)cc(=O)n(C)c1=O. The summed E-state index contributed by atoms with van der Waals surface area (Å²) in [5.74, 6) is -0.177. The van der Waals surface area contributed by atoms with Gasteiger partial charge in [0.25, 0.3) is 11.5 Å². The maximum absolute atomic E-state index is 12.7. The highest BCUT2D eigenvalue weighted by Gasteiger charge is 2.27. The number of nitrogens with zero attached hydrogens (tertiary/aromatic N) is 5. The number of rotatable bonds is 3. The molecule has 9 heteroatoms. The molecule has 0 N–H and O–H groups in total. The molecule has 0 aliphatic carbocycles. The highest BCUT2D eigenvalue weighted by atomic mass is 16.2. The summed E-state index contributed by atoms with van der Waals surface area (Å²) in [7, 11) is 2.87.